The molecule has 0 bridgehead atoms. The molecule has 0 saturated heterocycles. The van der Waals surface area contributed by atoms with E-state index in [4.69, 9.17) is 4.74 Å². The van der Waals surface area contributed by atoms with Gasteiger partial charge in [0, 0.05) is 0 Å². The molecule has 0 aliphatic rings. The molecule has 1 N–H and O–H groups in total. The summed E-state index contributed by atoms with van der Waals surface area (Å²) in [5.41, 5.74) is 7.78. The van der Waals surface area contributed by atoms with Crippen LogP contribution in [-0.2, 0) is 4.79 Å². The number of hydrazone groups is 1. The summed E-state index contributed by atoms with van der Waals surface area (Å²) >= 11 is 0. The van der Waals surface area contributed by atoms with Crippen LogP contribution >= 0.6 is 0 Å². The van der Waals surface area contributed by atoms with Gasteiger partial charge in [0.05, 0.1) is 6.21 Å². The number of ether oxygens (including phenoxy) is 1. The van der Waals surface area contributed by atoms with Crippen molar-refractivity contribution in [1.82, 2.24) is 5.43 Å². The first kappa shape index (κ1) is 16.7. The van der Waals surface area contributed by atoms with Crippen molar-refractivity contribution in [3.05, 3.63) is 64.2 Å². The predicted octanol–water partition coefficient (Wildman–Crippen LogP) is 3.45. The van der Waals surface area contributed by atoms with Crippen LogP contribution in [0.2, 0.25) is 0 Å². The van der Waals surface area contributed by atoms with Crippen LogP contribution in [0.4, 0.5) is 0 Å². The maximum Gasteiger partial charge on any atom is 0.277 e. The molecule has 2 aromatic rings. The highest BCUT2D eigenvalue weighted by Crippen LogP contribution is 2.25. The highest BCUT2D eigenvalue weighted by atomic mass is 16.5. The second-order valence-electron chi connectivity index (χ2n) is 5.59. The Morgan fingerprint density at radius 3 is 2.48 bits per heavy atom. The Labute approximate surface area is 137 Å². The molecule has 0 aliphatic carbocycles. The second kappa shape index (κ2) is 7.58. The van der Waals surface area contributed by atoms with E-state index in [1.807, 2.05) is 64.1 Å². The third kappa shape index (κ3) is 4.42. The second-order valence-corrected chi connectivity index (χ2v) is 5.59. The summed E-state index contributed by atoms with van der Waals surface area (Å²) in [7, 11) is 0. The predicted molar refractivity (Wildman–Crippen MR) is 93.1 cm³/mol. The minimum atomic E-state index is -0.282. The Morgan fingerprint density at radius 2 is 1.74 bits per heavy atom. The summed E-state index contributed by atoms with van der Waals surface area (Å²) in [6, 6.07) is 11.9. The molecule has 1 amide bonds. The van der Waals surface area contributed by atoms with Gasteiger partial charge in [0.25, 0.3) is 5.91 Å². The van der Waals surface area contributed by atoms with Crippen LogP contribution < -0.4 is 10.2 Å². The zero-order valence-corrected chi connectivity index (χ0v) is 14.0. The summed E-state index contributed by atoms with van der Waals surface area (Å²) in [5, 5.41) is 3.97. The highest BCUT2D eigenvalue weighted by molar-refractivity contribution is 5.84. The quantitative estimate of drug-likeness (QED) is 0.679. The summed E-state index contributed by atoms with van der Waals surface area (Å²) in [5.74, 6) is 0.484. The minimum Gasteiger partial charge on any atom is -0.483 e. The Kier molecular flexibility index (Phi) is 5.52. The van der Waals surface area contributed by atoms with Gasteiger partial charge in [-0.05, 0) is 55.5 Å². The molecule has 2 aromatic carbocycles. The standard InChI is InChI=1S/C19H22N2O2/c1-13-9-10-15(3)19(16(13)4)23-12-18(22)21-20-11-17-8-6-5-7-14(17)2/h5-11H,12H2,1-4H3,(H,21,22)/b20-11-. The van der Waals surface area contributed by atoms with Crippen LogP contribution in [0.1, 0.15) is 27.8 Å². The van der Waals surface area contributed by atoms with E-state index in [0.29, 0.717) is 0 Å². The number of aryl methyl sites for hydroxylation is 3. The fourth-order valence-corrected chi connectivity index (χ4v) is 2.22. The number of hydrogen-bond donors (Lipinski definition) is 1. The van der Waals surface area contributed by atoms with E-state index in [2.05, 4.69) is 10.5 Å². The molecule has 0 heterocycles. The average molecular weight is 310 g/mol. The zero-order chi connectivity index (χ0) is 16.8. The molecule has 4 nitrogen and oxygen atoms in total. The van der Waals surface area contributed by atoms with E-state index in [-0.39, 0.29) is 12.5 Å². The summed E-state index contributed by atoms with van der Waals surface area (Å²) in [4.78, 5) is 11.8. The van der Waals surface area contributed by atoms with Crippen LogP contribution in [0.5, 0.6) is 5.75 Å². The van der Waals surface area contributed by atoms with E-state index in [1.54, 1.807) is 6.21 Å². The number of carbonyl (C=O) groups excluding carboxylic acids is 1. The molecule has 0 aromatic heterocycles. The smallest absolute Gasteiger partial charge is 0.277 e. The van der Waals surface area contributed by atoms with Gasteiger partial charge in [-0.2, -0.15) is 5.10 Å². The number of nitrogens with zero attached hydrogens (tertiary/aromatic N) is 1. The van der Waals surface area contributed by atoms with Gasteiger partial charge in [-0.1, -0.05) is 36.4 Å². The van der Waals surface area contributed by atoms with Gasteiger partial charge in [0.2, 0.25) is 0 Å². The van der Waals surface area contributed by atoms with Crippen molar-refractivity contribution < 1.29 is 9.53 Å². The molecule has 2 rings (SSSR count). The van der Waals surface area contributed by atoms with Crippen molar-refractivity contribution in [3.63, 3.8) is 0 Å². The van der Waals surface area contributed by atoms with Crippen molar-refractivity contribution in [2.45, 2.75) is 27.7 Å². The molecular formula is C19H22N2O2. The van der Waals surface area contributed by atoms with Crippen LogP contribution in [-0.4, -0.2) is 18.7 Å². The lowest BCUT2D eigenvalue weighted by Crippen LogP contribution is -2.25. The van der Waals surface area contributed by atoms with Gasteiger partial charge in [0.15, 0.2) is 6.61 Å². The number of amides is 1. The van der Waals surface area contributed by atoms with Gasteiger partial charge in [0.1, 0.15) is 5.75 Å². The van der Waals surface area contributed by atoms with Gasteiger partial charge in [-0.25, -0.2) is 5.43 Å². The molecule has 0 radical (unpaired) electrons. The maximum absolute atomic E-state index is 11.8. The number of hydrogen-bond acceptors (Lipinski definition) is 3. The van der Waals surface area contributed by atoms with Crippen LogP contribution in [0.3, 0.4) is 0 Å². The zero-order valence-electron chi connectivity index (χ0n) is 14.0. The van der Waals surface area contributed by atoms with E-state index >= 15 is 0 Å². The van der Waals surface area contributed by atoms with Crippen molar-refractivity contribution >= 4 is 12.1 Å². The SMILES string of the molecule is Cc1ccccc1/C=N\NC(=O)COc1c(C)ccc(C)c1C. The summed E-state index contributed by atoms with van der Waals surface area (Å²) < 4.78 is 5.65. The molecule has 0 saturated carbocycles. The number of rotatable bonds is 5. The minimum absolute atomic E-state index is 0.0593. The van der Waals surface area contributed by atoms with Crippen LogP contribution in [0.25, 0.3) is 0 Å². The fourth-order valence-electron chi connectivity index (χ4n) is 2.22. The molecule has 4 heteroatoms. The Balaban J connectivity index is 1.91. The van der Waals surface area contributed by atoms with E-state index < -0.39 is 0 Å². The Morgan fingerprint density at radius 1 is 1.04 bits per heavy atom. The molecule has 0 spiro atoms. The molecule has 120 valence electrons. The summed E-state index contributed by atoms with van der Waals surface area (Å²) in [6.07, 6.45) is 1.64. The van der Waals surface area contributed by atoms with Crippen molar-refractivity contribution in [3.8, 4) is 5.75 Å². The third-order valence-electron chi connectivity index (χ3n) is 3.80. The van der Waals surface area contributed by atoms with Crippen LogP contribution in [0, 0.1) is 27.7 Å². The lowest BCUT2D eigenvalue weighted by atomic mass is 10.1. The van der Waals surface area contributed by atoms with E-state index in [9.17, 15) is 4.79 Å². The number of benzene rings is 2. The molecule has 0 unspecified atom stereocenters. The monoisotopic (exact) mass is 310 g/mol. The molecule has 0 aliphatic heterocycles. The first-order chi connectivity index (χ1) is 11.0. The first-order valence-electron chi connectivity index (χ1n) is 7.56. The molecule has 0 fully saturated rings. The Bertz CT molecular complexity index is 736. The van der Waals surface area contributed by atoms with Crippen molar-refractivity contribution in [2.24, 2.45) is 5.10 Å². The largest absolute Gasteiger partial charge is 0.483 e. The summed E-state index contributed by atoms with van der Waals surface area (Å²) in [6.45, 7) is 7.92. The number of carbonyl (C=O) groups is 1. The van der Waals surface area contributed by atoms with Gasteiger partial charge in [-0.3, -0.25) is 4.79 Å². The lowest BCUT2D eigenvalue weighted by molar-refractivity contribution is -0.123. The van der Waals surface area contributed by atoms with E-state index in [1.165, 1.54) is 0 Å². The van der Waals surface area contributed by atoms with Gasteiger partial charge >= 0.3 is 0 Å². The van der Waals surface area contributed by atoms with Crippen molar-refractivity contribution in [1.29, 1.82) is 0 Å². The maximum atomic E-state index is 11.8. The molecule has 0 atom stereocenters. The first-order valence-corrected chi connectivity index (χ1v) is 7.56. The normalized spacial score (nSPS) is 10.8. The lowest BCUT2D eigenvalue weighted by Gasteiger charge is -2.13. The Hall–Kier alpha value is -2.62. The van der Waals surface area contributed by atoms with Crippen molar-refractivity contribution in [2.75, 3.05) is 6.61 Å². The van der Waals surface area contributed by atoms with Gasteiger partial charge in [-0.15, -0.1) is 0 Å². The van der Waals surface area contributed by atoms with Crippen LogP contribution in [0.15, 0.2) is 41.5 Å². The number of nitrogens with one attached hydrogen (secondary N) is 1. The average Bonchev–Trinajstić information content (AvgIpc) is 2.53. The fraction of sp³-hybridized carbons (Fsp3) is 0.263. The topological polar surface area (TPSA) is 50.7 Å². The third-order valence-corrected chi connectivity index (χ3v) is 3.80. The molecular weight excluding hydrogens is 288 g/mol. The van der Waals surface area contributed by atoms with Gasteiger partial charge < -0.3 is 4.74 Å². The molecule has 23 heavy (non-hydrogen) atoms. The van der Waals surface area contributed by atoms with E-state index in [0.717, 1.165) is 33.6 Å². The highest BCUT2D eigenvalue weighted by Gasteiger charge is 2.08.